The van der Waals surface area contributed by atoms with E-state index in [4.69, 9.17) is 4.74 Å². The molecule has 0 aliphatic heterocycles. The fourth-order valence-electron chi connectivity index (χ4n) is 2.40. The van der Waals surface area contributed by atoms with Crippen LogP contribution < -0.4 is 4.90 Å². The second-order valence-electron chi connectivity index (χ2n) is 5.45. The molecule has 0 saturated heterocycles. The highest BCUT2D eigenvalue weighted by Crippen LogP contribution is 2.24. The lowest BCUT2D eigenvalue weighted by molar-refractivity contribution is -0.116. The summed E-state index contributed by atoms with van der Waals surface area (Å²) in [5, 5.41) is 3.21. The molecule has 0 aliphatic carbocycles. The van der Waals surface area contributed by atoms with Crippen LogP contribution in [0.25, 0.3) is 10.9 Å². The van der Waals surface area contributed by atoms with E-state index in [2.05, 4.69) is 9.97 Å². The van der Waals surface area contributed by atoms with Gasteiger partial charge in [-0.1, -0.05) is 18.2 Å². The van der Waals surface area contributed by atoms with Crippen molar-refractivity contribution in [2.45, 2.75) is 20.5 Å². The first-order valence-corrected chi connectivity index (χ1v) is 8.28. The lowest BCUT2D eigenvalue weighted by atomic mass is 10.1. The highest BCUT2D eigenvalue weighted by molar-refractivity contribution is 7.14. The molecule has 0 atom stereocenters. The van der Waals surface area contributed by atoms with Gasteiger partial charge in [0.2, 0.25) is 5.91 Å². The van der Waals surface area contributed by atoms with Crippen molar-refractivity contribution < 1.29 is 14.3 Å². The Hall–Kier alpha value is -2.67. The van der Waals surface area contributed by atoms with Gasteiger partial charge in [-0.2, -0.15) is 0 Å². The topological polar surface area (TPSA) is 75.3 Å². The minimum atomic E-state index is -0.389. The summed E-state index contributed by atoms with van der Waals surface area (Å²) in [7, 11) is 1.66. The van der Waals surface area contributed by atoms with Crippen molar-refractivity contribution in [1.29, 1.82) is 0 Å². The number of carbonyl (C=O) groups excluding carboxylic acids is 2. The number of nitrogens with one attached hydrogen (secondary N) is 1. The fraction of sp³-hybridized carbons (Fsp3) is 0.235. The van der Waals surface area contributed by atoms with Crippen molar-refractivity contribution in [3.05, 3.63) is 46.6 Å². The van der Waals surface area contributed by atoms with Gasteiger partial charge in [-0.15, -0.1) is 11.3 Å². The van der Waals surface area contributed by atoms with E-state index in [1.54, 1.807) is 12.4 Å². The number of carbonyl (C=O) groups is 2. The standard InChI is InChI=1S/C17H17N3O3S/c1-10-15(13-6-4-5-7-14(13)18-10)16(22)23-8-12-9-24-17(19-12)20(3)11(2)21/h4-7,9,18H,8H2,1-3H3. The van der Waals surface area contributed by atoms with Crippen molar-refractivity contribution in [3.8, 4) is 0 Å². The first kappa shape index (κ1) is 16.2. The Morgan fingerprint density at radius 2 is 2.08 bits per heavy atom. The molecular formula is C17H17N3O3S. The molecule has 2 heterocycles. The quantitative estimate of drug-likeness (QED) is 0.738. The molecule has 0 radical (unpaired) electrons. The van der Waals surface area contributed by atoms with Crippen molar-refractivity contribution >= 4 is 39.2 Å². The maximum atomic E-state index is 12.4. The van der Waals surface area contributed by atoms with Gasteiger partial charge in [0, 0.05) is 35.9 Å². The Kier molecular flexibility index (Phi) is 4.35. The van der Waals surface area contributed by atoms with E-state index in [1.807, 2.05) is 31.2 Å². The molecule has 0 saturated carbocycles. The van der Waals surface area contributed by atoms with Crippen LogP contribution in [0.15, 0.2) is 29.6 Å². The number of hydrogen-bond acceptors (Lipinski definition) is 5. The van der Waals surface area contributed by atoms with Gasteiger partial charge >= 0.3 is 5.97 Å². The summed E-state index contributed by atoms with van der Waals surface area (Å²) < 4.78 is 5.40. The number of fused-ring (bicyclic) bond motifs is 1. The zero-order valence-corrected chi connectivity index (χ0v) is 14.4. The monoisotopic (exact) mass is 343 g/mol. The van der Waals surface area contributed by atoms with E-state index in [1.165, 1.54) is 23.2 Å². The number of aromatic amines is 1. The number of amides is 1. The maximum absolute atomic E-state index is 12.4. The largest absolute Gasteiger partial charge is 0.455 e. The van der Waals surface area contributed by atoms with Crippen LogP contribution in [0, 0.1) is 6.92 Å². The molecule has 6 nitrogen and oxygen atoms in total. The Morgan fingerprint density at radius 3 is 2.83 bits per heavy atom. The minimum Gasteiger partial charge on any atom is -0.455 e. The predicted octanol–water partition coefficient (Wildman–Crippen LogP) is 3.27. The summed E-state index contributed by atoms with van der Waals surface area (Å²) in [4.78, 5) is 32.7. The molecule has 124 valence electrons. The zero-order valence-electron chi connectivity index (χ0n) is 13.6. The molecule has 0 spiro atoms. The first-order chi connectivity index (χ1) is 11.5. The fourth-order valence-corrected chi connectivity index (χ4v) is 3.22. The lowest BCUT2D eigenvalue weighted by Crippen LogP contribution is -2.22. The summed E-state index contributed by atoms with van der Waals surface area (Å²) in [6, 6.07) is 7.61. The molecule has 0 aliphatic rings. The molecule has 24 heavy (non-hydrogen) atoms. The van der Waals surface area contributed by atoms with Gasteiger partial charge in [-0.3, -0.25) is 9.69 Å². The molecule has 7 heteroatoms. The van der Waals surface area contributed by atoms with Crippen LogP contribution in [0.2, 0.25) is 0 Å². The number of thiazole rings is 1. The van der Waals surface area contributed by atoms with Crippen LogP contribution >= 0.6 is 11.3 Å². The predicted molar refractivity (Wildman–Crippen MR) is 93.4 cm³/mol. The molecule has 1 amide bonds. The number of ether oxygens (including phenoxy) is 1. The average molecular weight is 343 g/mol. The van der Waals surface area contributed by atoms with Crippen LogP contribution in [-0.2, 0) is 16.1 Å². The number of rotatable bonds is 4. The number of H-pyrrole nitrogens is 1. The SMILES string of the molecule is CC(=O)N(C)c1nc(COC(=O)c2c(C)[nH]c3ccccc23)cs1. The van der Waals surface area contributed by atoms with E-state index < -0.39 is 0 Å². The number of esters is 1. The number of para-hydroxylation sites is 1. The van der Waals surface area contributed by atoms with Gasteiger partial charge in [0.1, 0.15) is 6.61 Å². The van der Waals surface area contributed by atoms with E-state index in [0.29, 0.717) is 16.4 Å². The van der Waals surface area contributed by atoms with Crippen LogP contribution in [0.5, 0.6) is 0 Å². The van der Waals surface area contributed by atoms with E-state index in [-0.39, 0.29) is 18.5 Å². The van der Waals surface area contributed by atoms with E-state index >= 15 is 0 Å². The van der Waals surface area contributed by atoms with Gasteiger partial charge in [0.05, 0.1) is 11.3 Å². The number of hydrogen-bond donors (Lipinski definition) is 1. The number of aryl methyl sites for hydroxylation is 1. The van der Waals surface area contributed by atoms with Crippen LogP contribution in [0.1, 0.15) is 28.7 Å². The molecule has 0 unspecified atom stereocenters. The highest BCUT2D eigenvalue weighted by Gasteiger charge is 2.18. The third kappa shape index (κ3) is 3.03. The van der Waals surface area contributed by atoms with Crippen molar-refractivity contribution in [2.24, 2.45) is 0 Å². The summed E-state index contributed by atoms with van der Waals surface area (Å²) >= 11 is 1.34. The number of nitrogens with zero attached hydrogens (tertiary/aromatic N) is 2. The molecule has 2 aromatic heterocycles. The smallest absolute Gasteiger partial charge is 0.340 e. The third-order valence-corrected chi connectivity index (χ3v) is 4.71. The molecule has 0 fully saturated rings. The molecular weight excluding hydrogens is 326 g/mol. The molecule has 1 N–H and O–H groups in total. The normalized spacial score (nSPS) is 10.8. The summed E-state index contributed by atoms with van der Waals surface area (Å²) in [6.45, 7) is 3.39. The van der Waals surface area contributed by atoms with E-state index in [0.717, 1.165) is 16.6 Å². The highest BCUT2D eigenvalue weighted by atomic mass is 32.1. The minimum absolute atomic E-state index is 0.0695. The van der Waals surface area contributed by atoms with Gasteiger partial charge < -0.3 is 9.72 Å². The second kappa shape index (κ2) is 6.45. The average Bonchev–Trinajstić information content (AvgIpc) is 3.15. The van der Waals surface area contributed by atoms with Crippen molar-refractivity contribution in [2.75, 3.05) is 11.9 Å². The number of aromatic nitrogens is 2. The Labute approximate surface area is 143 Å². The van der Waals surface area contributed by atoms with Crippen LogP contribution in [0.3, 0.4) is 0 Å². The van der Waals surface area contributed by atoms with Crippen molar-refractivity contribution in [3.63, 3.8) is 0 Å². The van der Waals surface area contributed by atoms with Gasteiger partial charge in [0.25, 0.3) is 0 Å². The third-order valence-electron chi connectivity index (χ3n) is 3.75. The second-order valence-corrected chi connectivity index (χ2v) is 6.28. The summed E-state index contributed by atoms with van der Waals surface area (Å²) in [5.74, 6) is -0.485. The molecule has 0 bridgehead atoms. The first-order valence-electron chi connectivity index (χ1n) is 7.40. The van der Waals surface area contributed by atoms with Crippen LogP contribution in [-0.4, -0.2) is 28.9 Å². The van der Waals surface area contributed by atoms with Crippen LogP contribution in [0.4, 0.5) is 5.13 Å². The maximum Gasteiger partial charge on any atom is 0.340 e. The summed E-state index contributed by atoms with van der Waals surface area (Å²) in [6.07, 6.45) is 0. The number of anilines is 1. The number of benzene rings is 1. The van der Waals surface area contributed by atoms with Gasteiger partial charge in [0.15, 0.2) is 5.13 Å². The van der Waals surface area contributed by atoms with Gasteiger partial charge in [-0.05, 0) is 13.0 Å². The molecule has 1 aromatic carbocycles. The molecule has 3 rings (SSSR count). The Morgan fingerprint density at radius 1 is 1.33 bits per heavy atom. The van der Waals surface area contributed by atoms with E-state index in [9.17, 15) is 9.59 Å². The Bertz CT molecular complexity index is 913. The summed E-state index contributed by atoms with van der Waals surface area (Å²) in [5.41, 5.74) is 2.84. The van der Waals surface area contributed by atoms with Gasteiger partial charge in [-0.25, -0.2) is 9.78 Å². The zero-order chi connectivity index (χ0) is 17.3. The lowest BCUT2D eigenvalue weighted by Gasteiger charge is -2.09. The molecule has 3 aromatic rings. The Balaban J connectivity index is 1.74. The van der Waals surface area contributed by atoms with Crippen molar-refractivity contribution in [1.82, 2.24) is 9.97 Å².